The summed E-state index contributed by atoms with van der Waals surface area (Å²) >= 11 is 0. The third kappa shape index (κ3) is 4.96. The smallest absolute Gasteiger partial charge is 0.227 e. The fraction of sp³-hybridized carbons (Fsp3) is 0. The summed E-state index contributed by atoms with van der Waals surface area (Å²) in [6, 6.07) is 66.4. The van der Waals surface area contributed by atoms with Crippen molar-refractivity contribution in [2.24, 2.45) is 0 Å². The molecule has 4 nitrogen and oxygen atoms in total. The lowest BCUT2D eigenvalue weighted by Crippen LogP contribution is -2.10. The summed E-state index contributed by atoms with van der Waals surface area (Å²) in [5, 5.41) is 4.63. The molecular formula is C47H31N3O. The lowest BCUT2D eigenvalue weighted by Gasteiger charge is -2.26. The quantitative estimate of drug-likeness (QED) is 0.179. The van der Waals surface area contributed by atoms with Crippen LogP contribution in [0.1, 0.15) is 0 Å². The van der Waals surface area contributed by atoms with Crippen LogP contribution in [0.5, 0.6) is 0 Å². The molecule has 10 aromatic rings. The van der Waals surface area contributed by atoms with Crippen LogP contribution in [0, 0.1) is 0 Å². The highest BCUT2D eigenvalue weighted by Gasteiger charge is 2.18. The van der Waals surface area contributed by atoms with E-state index < -0.39 is 0 Å². The van der Waals surface area contributed by atoms with E-state index in [1.54, 1.807) is 0 Å². The highest BCUT2D eigenvalue weighted by molar-refractivity contribution is 6.09. The summed E-state index contributed by atoms with van der Waals surface area (Å²) in [6.07, 6.45) is 0. The largest absolute Gasteiger partial charge is 0.435 e. The van der Waals surface area contributed by atoms with Gasteiger partial charge in [-0.1, -0.05) is 103 Å². The van der Waals surface area contributed by atoms with Crippen LogP contribution in [0.15, 0.2) is 192 Å². The first-order valence-corrected chi connectivity index (χ1v) is 17.2. The molecule has 4 heteroatoms. The Bertz CT molecular complexity index is 2800. The Kier molecular flexibility index (Phi) is 6.78. The molecular weight excluding hydrogens is 623 g/mol. The lowest BCUT2D eigenvalue weighted by atomic mass is 10.0. The number of benzene rings is 8. The molecule has 10 rings (SSSR count). The Morgan fingerprint density at radius 3 is 1.76 bits per heavy atom. The van der Waals surface area contributed by atoms with Gasteiger partial charge in [0.15, 0.2) is 5.58 Å². The van der Waals surface area contributed by atoms with E-state index in [9.17, 15) is 0 Å². The zero-order chi connectivity index (χ0) is 33.7. The molecule has 0 aliphatic heterocycles. The molecule has 0 radical (unpaired) electrons. The van der Waals surface area contributed by atoms with Crippen LogP contribution in [0.2, 0.25) is 0 Å². The lowest BCUT2D eigenvalue weighted by molar-refractivity contribution is 0.623. The van der Waals surface area contributed by atoms with Crippen molar-refractivity contribution in [3.8, 4) is 28.3 Å². The van der Waals surface area contributed by atoms with Gasteiger partial charge in [-0.25, -0.2) is 4.98 Å². The molecule has 0 aliphatic rings. The Morgan fingerprint density at radius 2 is 1.04 bits per heavy atom. The molecule has 0 amide bonds. The number of hydrogen-bond donors (Lipinski definition) is 0. The molecule has 8 aromatic carbocycles. The van der Waals surface area contributed by atoms with Crippen LogP contribution in [0.25, 0.3) is 71.9 Å². The third-order valence-electron chi connectivity index (χ3n) is 9.79. The standard InChI is InChI=1S/C47H31N3O/c1-3-12-32(13-4-1)34-16-11-17-38(30-34)49(36-23-25-37(26-24-36)50-44-20-9-7-18-41(44)42-19-8-10-21-45(42)50)39-27-28-40-35(31-39)22-29-43-46(40)51-47(48-43)33-14-5-2-6-15-33/h1-31H. The number of nitrogens with zero attached hydrogens (tertiary/aromatic N) is 3. The topological polar surface area (TPSA) is 34.2 Å². The number of para-hydroxylation sites is 2. The minimum absolute atomic E-state index is 0.630. The average molecular weight is 654 g/mol. The predicted octanol–water partition coefficient (Wildman–Crippen LogP) is 12.9. The number of aromatic nitrogens is 2. The van der Waals surface area contributed by atoms with Gasteiger partial charge in [0.1, 0.15) is 5.52 Å². The molecule has 51 heavy (non-hydrogen) atoms. The minimum atomic E-state index is 0.630. The Hall–Kier alpha value is -6.91. The van der Waals surface area contributed by atoms with Gasteiger partial charge in [0.2, 0.25) is 5.89 Å². The van der Waals surface area contributed by atoms with Gasteiger partial charge in [-0.2, -0.15) is 0 Å². The van der Waals surface area contributed by atoms with Crippen molar-refractivity contribution in [2.45, 2.75) is 0 Å². The van der Waals surface area contributed by atoms with Crippen molar-refractivity contribution in [3.63, 3.8) is 0 Å². The van der Waals surface area contributed by atoms with Crippen LogP contribution in [-0.4, -0.2) is 9.55 Å². The van der Waals surface area contributed by atoms with E-state index in [4.69, 9.17) is 9.40 Å². The van der Waals surface area contributed by atoms with Gasteiger partial charge in [0.25, 0.3) is 0 Å². The van der Waals surface area contributed by atoms with E-state index in [0.717, 1.165) is 55.7 Å². The van der Waals surface area contributed by atoms with Gasteiger partial charge >= 0.3 is 0 Å². The zero-order valence-corrected chi connectivity index (χ0v) is 27.6. The van der Waals surface area contributed by atoms with E-state index in [0.29, 0.717) is 5.89 Å². The van der Waals surface area contributed by atoms with E-state index >= 15 is 0 Å². The van der Waals surface area contributed by atoms with Gasteiger partial charge < -0.3 is 13.9 Å². The van der Waals surface area contributed by atoms with Crippen LogP contribution >= 0.6 is 0 Å². The number of rotatable bonds is 6. The van der Waals surface area contributed by atoms with Gasteiger partial charge in [-0.05, 0) is 101 Å². The summed E-state index contributed by atoms with van der Waals surface area (Å²) in [5.74, 6) is 0.630. The van der Waals surface area contributed by atoms with Crippen molar-refractivity contribution in [2.75, 3.05) is 4.90 Å². The summed E-state index contributed by atoms with van der Waals surface area (Å²) in [4.78, 5) is 7.15. The zero-order valence-electron chi connectivity index (χ0n) is 27.6. The maximum Gasteiger partial charge on any atom is 0.227 e. The maximum absolute atomic E-state index is 6.38. The molecule has 2 heterocycles. The second kappa shape index (κ2) is 11.9. The van der Waals surface area contributed by atoms with E-state index in [-0.39, 0.29) is 0 Å². The van der Waals surface area contributed by atoms with Crippen LogP contribution in [0.3, 0.4) is 0 Å². The number of anilines is 3. The maximum atomic E-state index is 6.38. The van der Waals surface area contributed by atoms with Gasteiger partial charge in [0, 0.05) is 44.5 Å². The van der Waals surface area contributed by atoms with Gasteiger partial charge in [-0.3, -0.25) is 0 Å². The number of fused-ring (bicyclic) bond motifs is 6. The normalized spacial score (nSPS) is 11.5. The van der Waals surface area contributed by atoms with E-state index in [2.05, 4.69) is 167 Å². The molecule has 0 saturated heterocycles. The first-order chi connectivity index (χ1) is 25.3. The first-order valence-electron chi connectivity index (χ1n) is 17.2. The molecule has 0 atom stereocenters. The van der Waals surface area contributed by atoms with Crippen molar-refractivity contribution in [3.05, 3.63) is 188 Å². The van der Waals surface area contributed by atoms with E-state index in [1.165, 1.54) is 27.4 Å². The second-order valence-corrected chi connectivity index (χ2v) is 12.8. The van der Waals surface area contributed by atoms with E-state index in [1.807, 2.05) is 30.3 Å². The Morgan fingerprint density at radius 1 is 0.431 bits per heavy atom. The van der Waals surface area contributed by atoms with Crippen molar-refractivity contribution in [1.82, 2.24) is 9.55 Å². The summed E-state index contributed by atoms with van der Waals surface area (Å²) in [6.45, 7) is 0. The predicted molar refractivity (Wildman–Crippen MR) is 211 cm³/mol. The molecule has 0 fully saturated rings. The average Bonchev–Trinajstić information content (AvgIpc) is 3.79. The second-order valence-electron chi connectivity index (χ2n) is 12.8. The molecule has 2 aromatic heterocycles. The van der Waals surface area contributed by atoms with Crippen molar-refractivity contribution < 1.29 is 4.42 Å². The summed E-state index contributed by atoms with van der Waals surface area (Å²) in [7, 11) is 0. The summed E-state index contributed by atoms with van der Waals surface area (Å²) < 4.78 is 8.74. The highest BCUT2D eigenvalue weighted by atomic mass is 16.3. The summed E-state index contributed by atoms with van der Waals surface area (Å²) in [5.41, 5.74) is 11.7. The molecule has 0 aliphatic carbocycles. The number of hydrogen-bond acceptors (Lipinski definition) is 3. The first kappa shape index (κ1) is 29.0. The van der Waals surface area contributed by atoms with Crippen LogP contribution in [-0.2, 0) is 0 Å². The van der Waals surface area contributed by atoms with Gasteiger partial charge in [0.05, 0.1) is 11.0 Å². The van der Waals surface area contributed by atoms with Crippen LogP contribution < -0.4 is 4.90 Å². The molecule has 0 N–H and O–H groups in total. The SMILES string of the molecule is c1ccc(-c2cccc(N(c3ccc(-n4c5ccccc5c5ccccc54)cc3)c3ccc4c(ccc5nc(-c6ccccc6)oc54)c3)c2)cc1. The molecule has 240 valence electrons. The van der Waals surface area contributed by atoms with Crippen LogP contribution in [0.4, 0.5) is 17.1 Å². The molecule has 0 bridgehead atoms. The monoisotopic (exact) mass is 653 g/mol. The fourth-order valence-electron chi connectivity index (χ4n) is 7.40. The number of oxazole rings is 1. The Balaban J connectivity index is 1.12. The van der Waals surface area contributed by atoms with Gasteiger partial charge in [-0.15, -0.1) is 0 Å². The molecule has 0 unspecified atom stereocenters. The Labute approximate surface area is 295 Å². The highest BCUT2D eigenvalue weighted by Crippen LogP contribution is 2.40. The molecule has 0 saturated carbocycles. The van der Waals surface area contributed by atoms with Crippen molar-refractivity contribution >= 4 is 60.7 Å². The fourth-order valence-corrected chi connectivity index (χ4v) is 7.40. The minimum Gasteiger partial charge on any atom is -0.435 e. The third-order valence-corrected chi connectivity index (χ3v) is 9.79. The molecule has 0 spiro atoms. The van der Waals surface area contributed by atoms with Crippen molar-refractivity contribution in [1.29, 1.82) is 0 Å².